The van der Waals surface area contributed by atoms with Crippen LogP contribution in [0.4, 0.5) is 0 Å². The van der Waals surface area contributed by atoms with Gasteiger partial charge in [0.15, 0.2) is 5.79 Å². The molecule has 2 rings (SSSR count). The molecule has 0 aromatic rings. The second kappa shape index (κ2) is 3.92. The van der Waals surface area contributed by atoms with Crippen molar-refractivity contribution in [2.75, 3.05) is 6.61 Å². The average Bonchev–Trinajstić information content (AvgIpc) is 2.82. The molecule has 1 unspecified atom stereocenters. The minimum absolute atomic E-state index is 0.0731. The average molecular weight is 240 g/mol. The van der Waals surface area contributed by atoms with E-state index in [-0.39, 0.29) is 10.9 Å². The molecule has 1 heterocycles. The van der Waals surface area contributed by atoms with Crippen LogP contribution in [-0.2, 0) is 9.47 Å². The molecule has 2 radical (unpaired) electrons. The Hall–Kier alpha value is 0.335. The van der Waals surface area contributed by atoms with Gasteiger partial charge in [0.1, 0.15) is 0 Å². The van der Waals surface area contributed by atoms with Crippen molar-refractivity contribution in [3.63, 3.8) is 0 Å². The highest BCUT2D eigenvalue weighted by molar-refractivity contribution is 8.02. The first-order valence-electron chi connectivity index (χ1n) is 6.01. The SMILES string of the molecule is [B]CC1(SC(C)(C)C2COC(C)(C)O2)CC1. The quantitative estimate of drug-likeness (QED) is 0.704. The fourth-order valence-electron chi connectivity index (χ4n) is 2.14. The Bertz CT molecular complexity index is 274. The third kappa shape index (κ3) is 2.60. The molecule has 0 spiro atoms. The Morgan fingerprint density at radius 1 is 1.38 bits per heavy atom. The van der Waals surface area contributed by atoms with Gasteiger partial charge in [0.2, 0.25) is 0 Å². The van der Waals surface area contributed by atoms with E-state index in [1.165, 1.54) is 12.8 Å². The van der Waals surface area contributed by atoms with Gasteiger partial charge in [-0.05, 0) is 40.5 Å². The summed E-state index contributed by atoms with van der Waals surface area (Å²) in [6, 6.07) is 0. The Morgan fingerprint density at radius 2 is 2.00 bits per heavy atom. The fourth-order valence-corrected chi connectivity index (χ4v) is 3.89. The number of hydrogen-bond acceptors (Lipinski definition) is 3. The molecular weight excluding hydrogens is 219 g/mol. The molecule has 1 atom stereocenters. The predicted molar refractivity (Wildman–Crippen MR) is 69.1 cm³/mol. The molecular formula is C12H21BO2S. The van der Waals surface area contributed by atoms with Gasteiger partial charge >= 0.3 is 0 Å². The van der Waals surface area contributed by atoms with Crippen LogP contribution in [0.2, 0.25) is 6.32 Å². The van der Waals surface area contributed by atoms with Crippen molar-refractivity contribution in [3.8, 4) is 0 Å². The fraction of sp³-hybridized carbons (Fsp3) is 1.00. The second-order valence-electron chi connectivity index (χ2n) is 5.91. The molecule has 1 aliphatic carbocycles. The first-order chi connectivity index (χ1) is 7.29. The Labute approximate surface area is 104 Å². The largest absolute Gasteiger partial charge is 0.348 e. The third-order valence-corrected chi connectivity index (χ3v) is 5.24. The van der Waals surface area contributed by atoms with Crippen molar-refractivity contribution in [2.24, 2.45) is 0 Å². The van der Waals surface area contributed by atoms with E-state index >= 15 is 0 Å². The van der Waals surface area contributed by atoms with Crippen molar-refractivity contribution in [3.05, 3.63) is 0 Å². The van der Waals surface area contributed by atoms with Crippen molar-refractivity contribution in [1.29, 1.82) is 0 Å². The van der Waals surface area contributed by atoms with E-state index in [1.54, 1.807) is 0 Å². The topological polar surface area (TPSA) is 18.5 Å². The first kappa shape index (κ1) is 12.8. The van der Waals surface area contributed by atoms with Gasteiger partial charge in [-0.1, -0.05) is 6.32 Å². The smallest absolute Gasteiger partial charge is 0.163 e. The summed E-state index contributed by atoms with van der Waals surface area (Å²) in [7, 11) is 5.84. The van der Waals surface area contributed by atoms with Crippen molar-refractivity contribution in [2.45, 2.75) is 68.2 Å². The Balaban J connectivity index is 1.97. The van der Waals surface area contributed by atoms with Gasteiger partial charge in [-0.25, -0.2) is 0 Å². The van der Waals surface area contributed by atoms with Gasteiger partial charge < -0.3 is 9.47 Å². The maximum absolute atomic E-state index is 5.95. The highest BCUT2D eigenvalue weighted by Gasteiger charge is 2.50. The molecule has 1 saturated heterocycles. The molecule has 2 fully saturated rings. The Morgan fingerprint density at radius 3 is 2.38 bits per heavy atom. The van der Waals surface area contributed by atoms with Crippen LogP contribution in [0.1, 0.15) is 40.5 Å². The summed E-state index contributed by atoms with van der Waals surface area (Å²) in [5.41, 5.74) is 0. The summed E-state index contributed by atoms with van der Waals surface area (Å²) in [4.78, 5) is 0. The molecule has 0 bridgehead atoms. The van der Waals surface area contributed by atoms with Crippen molar-refractivity contribution in [1.82, 2.24) is 0 Å². The van der Waals surface area contributed by atoms with Crippen molar-refractivity contribution >= 4 is 19.6 Å². The van der Waals surface area contributed by atoms with Gasteiger partial charge in [0.05, 0.1) is 20.6 Å². The van der Waals surface area contributed by atoms with Crippen LogP contribution in [0.5, 0.6) is 0 Å². The van der Waals surface area contributed by atoms with Gasteiger partial charge in [-0.3, -0.25) is 0 Å². The number of hydrogen-bond donors (Lipinski definition) is 0. The molecule has 0 aromatic carbocycles. The lowest BCUT2D eigenvalue weighted by Crippen LogP contribution is -2.38. The molecule has 1 saturated carbocycles. The summed E-state index contributed by atoms with van der Waals surface area (Å²) >= 11 is 1.98. The maximum atomic E-state index is 5.95. The molecule has 0 aromatic heterocycles. The van der Waals surface area contributed by atoms with E-state index in [0.717, 1.165) is 6.32 Å². The van der Waals surface area contributed by atoms with Gasteiger partial charge in [-0.15, -0.1) is 11.8 Å². The molecule has 0 amide bonds. The first-order valence-corrected chi connectivity index (χ1v) is 6.82. The van der Waals surface area contributed by atoms with Crippen LogP contribution in [0.25, 0.3) is 0 Å². The highest BCUT2D eigenvalue weighted by atomic mass is 32.2. The molecule has 4 heteroatoms. The zero-order chi connectivity index (χ0) is 12.0. The lowest BCUT2D eigenvalue weighted by atomic mass is 10.0. The summed E-state index contributed by atoms with van der Waals surface area (Å²) in [6.07, 6.45) is 3.43. The normalized spacial score (nSPS) is 31.6. The lowest BCUT2D eigenvalue weighted by molar-refractivity contribution is -0.141. The third-order valence-electron chi connectivity index (χ3n) is 3.44. The van der Waals surface area contributed by atoms with Crippen LogP contribution < -0.4 is 0 Å². The van der Waals surface area contributed by atoms with Crippen LogP contribution in [0.15, 0.2) is 0 Å². The minimum atomic E-state index is -0.429. The zero-order valence-corrected chi connectivity index (χ0v) is 11.5. The van der Waals surface area contributed by atoms with E-state index in [0.29, 0.717) is 11.4 Å². The van der Waals surface area contributed by atoms with E-state index in [1.807, 2.05) is 25.6 Å². The summed E-state index contributed by atoms with van der Waals surface area (Å²) in [5, 5.41) is 0. The van der Waals surface area contributed by atoms with Crippen LogP contribution >= 0.6 is 11.8 Å². The van der Waals surface area contributed by atoms with Gasteiger partial charge in [0, 0.05) is 9.49 Å². The van der Waals surface area contributed by atoms with Gasteiger partial charge in [-0.2, -0.15) is 0 Å². The van der Waals surface area contributed by atoms with E-state index in [4.69, 9.17) is 17.3 Å². The number of thioether (sulfide) groups is 1. The predicted octanol–water partition coefficient (Wildman–Crippen LogP) is 2.77. The summed E-state index contributed by atoms with van der Waals surface area (Å²) in [6.45, 7) is 9.12. The maximum Gasteiger partial charge on any atom is 0.163 e. The molecule has 1 aliphatic heterocycles. The summed E-state index contributed by atoms with van der Waals surface area (Å²) in [5.74, 6) is -0.429. The molecule has 0 N–H and O–H groups in total. The van der Waals surface area contributed by atoms with Crippen LogP contribution in [0, 0.1) is 0 Å². The van der Waals surface area contributed by atoms with E-state index < -0.39 is 5.79 Å². The molecule has 90 valence electrons. The number of rotatable bonds is 4. The zero-order valence-electron chi connectivity index (χ0n) is 10.7. The molecule has 2 nitrogen and oxygen atoms in total. The van der Waals surface area contributed by atoms with Crippen LogP contribution in [-0.4, -0.2) is 35.8 Å². The number of ether oxygens (including phenoxy) is 2. The standard InChI is InChI=1S/C12H21BO2S/c1-10(2,16-12(8-13)5-6-12)9-7-14-11(3,4)15-9/h9H,5-8H2,1-4H3. The minimum Gasteiger partial charge on any atom is -0.348 e. The highest BCUT2D eigenvalue weighted by Crippen LogP contribution is 2.57. The van der Waals surface area contributed by atoms with E-state index in [9.17, 15) is 0 Å². The van der Waals surface area contributed by atoms with Crippen LogP contribution in [0.3, 0.4) is 0 Å². The van der Waals surface area contributed by atoms with Gasteiger partial charge in [0.25, 0.3) is 0 Å². The monoisotopic (exact) mass is 240 g/mol. The summed E-state index contributed by atoms with van der Waals surface area (Å²) < 4.78 is 12.0. The lowest BCUT2D eigenvalue weighted by Gasteiger charge is -2.34. The Kier molecular flexibility index (Phi) is 3.14. The second-order valence-corrected chi connectivity index (χ2v) is 8.03. The van der Waals surface area contributed by atoms with Crippen molar-refractivity contribution < 1.29 is 9.47 Å². The molecule has 16 heavy (non-hydrogen) atoms. The molecule has 2 aliphatic rings. The van der Waals surface area contributed by atoms with E-state index in [2.05, 4.69) is 13.8 Å².